The summed E-state index contributed by atoms with van der Waals surface area (Å²) >= 11 is 0. The van der Waals surface area contributed by atoms with Crippen molar-refractivity contribution in [3.63, 3.8) is 0 Å². The molecule has 60 heavy (non-hydrogen) atoms. The molecule has 0 aromatic rings. The van der Waals surface area contributed by atoms with Crippen molar-refractivity contribution in [1.82, 2.24) is 5.32 Å². The Morgan fingerprint density at radius 1 is 0.567 bits per heavy atom. The van der Waals surface area contributed by atoms with Crippen molar-refractivity contribution in [3.05, 3.63) is 36.5 Å². The Hall–Kier alpha value is -1.28. The fourth-order valence-corrected chi connectivity index (χ4v) is 8.06. The third-order valence-corrected chi connectivity index (χ3v) is 12.4. The molecule has 0 saturated heterocycles. The highest BCUT2D eigenvalue weighted by molar-refractivity contribution is 7.47. The lowest BCUT2D eigenvalue weighted by Gasteiger charge is -2.25. The van der Waals surface area contributed by atoms with Gasteiger partial charge >= 0.3 is 7.82 Å². The van der Waals surface area contributed by atoms with Crippen LogP contribution in [0.15, 0.2) is 36.5 Å². The summed E-state index contributed by atoms with van der Waals surface area (Å²) in [7, 11) is 1.57. The first-order valence-corrected chi connectivity index (χ1v) is 26.9. The molecule has 0 bridgehead atoms. The predicted octanol–water partition coefficient (Wildman–Crippen LogP) is 14.6. The molecular weight excluding hydrogens is 768 g/mol. The van der Waals surface area contributed by atoms with Crippen molar-refractivity contribution < 1.29 is 32.9 Å². The predicted molar refractivity (Wildman–Crippen MR) is 258 cm³/mol. The van der Waals surface area contributed by atoms with E-state index in [1.165, 1.54) is 161 Å². The maximum atomic E-state index is 12.9. The molecule has 9 heteroatoms. The van der Waals surface area contributed by atoms with Crippen molar-refractivity contribution in [2.75, 3.05) is 40.9 Å². The maximum absolute atomic E-state index is 12.9. The maximum Gasteiger partial charge on any atom is 0.472 e. The number of carbonyl (C=O) groups excluding carboxylic acids is 1. The second-order valence-corrected chi connectivity index (χ2v) is 20.0. The van der Waals surface area contributed by atoms with Gasteiger partial charge in [-0.2, -0.15) is 0 Å². The lowest BCUT2D eigenvalue weighted by Crippen LogP contribution is -2.45. The number of hydrogen-bond donors (Lipinski definition) is 3. The Morgan fingerprint density at radius 3 is 1.37 bits per heavy atom. The van der Waals surface area contributed by atoms with Gasteiger partial charge in [0.05, 0.1) is 39.9 Å². The van der Waals surface area contributed by atoms with E-state index in [0.717, 1.165) is 51.4 Å². The van der Waals surface area contributed by atoms with Crippen molar-refractivity contribution in [3.8, 4) is 0 Å². The lowest BCUT2D eigenvalue weighted by atomic mass is 10.0. The summed E-state index contributed by atoms with van der Waals surface area (Å²) in [6.45, 7) is 4.79. The summed E-state index contributed by atoms with van der Waals surface area (Å²) in [6, 6.07) is -0.852. The minimum atomic E-state index is -4.34. The Morgan fingerprint density at radius 2 is 0.933 bits per heavy atom. The van der Waals surface area contributed by atoms with E-state index in [9.17, 15) is 19.4 Å². The van der Waals surface area contributed by atoms with Gasteiger partial charge in [-0.3, -0.25) is 13.8 Å². The molecule has 3 unspecified atom stereocenters. The smallest absolute Gasteiger partial charge is 0.387 e. The summed E-state index contributed by atoms with van der Waals surface area (Å²) in [5.41, 5.74) is 0. The van der Waals surface area contributed by atoms with Crippen molar-refractivity contribution in [1.29, 1.82) is 0 Å². The summed E-state index contributed by atoms with van der Waals surface area (Å²) < 4.78 is 23.6. The summed E-state index contributed by atoms with van der Waals surface area (Å²) in [6.07, 6.45) is 53.7. The molecule has 0 heterocycles. The third kappa shape index (κ3) is 44.8. The molecule has 1 amide bonds. The van der Waals surface area contributed by atoms with Crippen molar-refractivity contribution >= 4 is 13.7 Å². The monoisotopic (exact) mass is 868 g/mol. The van der Waals surface area contributed by atoms with E-state index in [0.29, 0.717) is 17.4 Å². The van der Waals surface area contributed by atoms with Gasteiger partial charge < -0.3 is 19.8 Å². The van der Waals surface area contributed by atoms with Gasteiger partial charge in [-0.15, -0.1) is 0 Å². The molecule has 354 valence electrons. The average molecular weight is 868 g/mol. The van der Waals surface area contributed by atoms with Crippen LogP contribution in [-0.2, 0) is 18.4 Å². The molecule has 0 aromatic heterocycles. The normalized spacial score (nSPS) is 14.4. The SMILES string of the molecule is CCCCC/C=C\C=C/CCCCCCCCC(=O)NC(COP(=O)(O)OCC[N+](C)(C)C)C(O)/C=C/CCCCCCCCCCCCCCCCCCCCCCC. The van der Waals surface area contributed by atoms with Gasteiger partial charge in [0.2, 0.25) is 5.91 Å². The highest BCUT2D eigenvalue weighted by Crippen LogP contribution is 2.43. The molecular formula is C51H100N2O6P+. The lowest BCUT2D eigenvalue weighted by molar-refractivity contribution is -0.870. The molecule has 3 N–H and O–H groups in total. The van der Waals surface area contributed by atoms with Crippen LogP contribution in [-0.4, -0.2) is 73.4 Å². The number of allylic oxidation sites excluding steroid dienone is 5. The topological polar surface area (TPSA) is 105 Å². The van der Waals surface area contributed by atoms with Crippen molar-refractivity contribution in [2.24, 2.45) is 0 Å². The number of nitrogens with one attached hydrogen (secondary N) is 1. The second-order valence-electron chi connectivity index (χ2n) is 18.6. The van der Waals surface area contributed by atoms with Crippen LogP contribution >= 0.6 is 7.82 Å². The van der Waals surface area contributed by atoms with Gasteiger partial charge in [0.15, 0.2) is 0 Å². The van der Waals surface area contributed by atoms with Crippen LogP contribution in [0, 0.1) is 0 Å². The van der Waals surface area contributed by atoms with E-state index in [4.69, 9.17) is 9.05 Å². The van der Waals surface area contributed by atoms with Gasteiger partial charge in [-0.1, -0.05) is 217 Å². The molecule has 3 atom stereocenters. The number of amides is 1. The van der Waals surface area contributed by atoms with Gasteiger partial charge in [-0.05, 0) is 44.9 Å². The quantitative estimate of drug-likeness (QED) is 0.0185. The summed E-state index contributed by atoms with van der Waals surface area (Å²) in [5, 5.41) is 13.9. The van der Waals surface area contributed by atoms with Crippen LogP contribution in [0.25, 0.3) is 0 Å². The number of aliphatic hydroxyl groups is 1. The molecule has 0 aliphatic carbocycles. The number of phosphoric acid groups is 1. The zero-order chi connectivity index (χ0) is 44.3. The van der Waals surface area contributed by atoms with Crippen LogP contribution in [0.1, 0.15) is 232 Å². The number of hydrogen-bond acceptors (Lipinski definition) is 5. The van der Waals surface area contributed by atoms with Crippen LogP contribution in [0.2, 0.25) is 0 Å². The Kier molecular flexibility index (Phi) is 42.1. The second kappa shape index (κ2) is 43.0. The minimum absolute atomic E-state index is 0.0590. The van der Waals surface area contributed by atoms with Gasteiger partial charge in [0.1, 0.15) is 13.2 Å². The summed E-state index contributed by atoms with van der Waals surface area (Å²) in [4.78, 5) is 23.2. The van der Waals surface area contributed by atoms with E-state index in [-0.39, 0.29) is 19.1 Å². The molecule has 0 aliphatic rings. The van der Waals surface area contributed by atoms with Crippen LogP contribution in [0.5, 0.6) is 0 Å². The van der Waals surface area contributed by atoms with E-state index in [2.05, 4.69) is 43.5 Å². The third-order valence-electron chi connectivity index (χ3n) is 11.4. The molecule has 0 fully saturated rings. The molecule has 0 aliphatic heterocycles. The number of likely N-dealkylation sites (N-methyl/N-ethyl adjacent to an activating group) is 1. The molecule has 0 radical (unpaired) electrons. The van der Waals surface area contributed by atoms with E-state index in [1.54, 1.807) is 6.08 Å². The standard InChI is InChI=1S/C51H99N2O6P/c1-6-8-10-12-14-16-18-20-22-23-24-25-26-27-28-29-31-32-34-36-38-40-42-44-50(54)49(48-59-60(56,57)58-47-46-53(3,4)5)52-51(55)45-43-41-39-37-35-33-30-21-19-17-15-13-11-9-7-2/h15,17,19,21,42,44,49-50,54H,6-14,16,18,20,22-41,43,45-48H2,1-5H3,(H-,52,55,56,57)/p+1/b17-15-,21-19-,44-42+. The highest BCUT2D eigenvalue weighted by atomic mass is 31.2. The first-order valence-electron chi connectivity index (χ1n) is 25.4. The number of quaternary nitrogens is 1. The largest absolute Gasteiger partial charge is 0.472 e. The van der Waals surface area contributed by atoms with E-state index >= 15 is 0 Å². The number of aliphatic hydroxyl groups excluding tert-OH is 1. The highest BCUT2D eigenvalue weighted by Gasteiger charge is 2.27. The van der Waals surface area contributed by atoms with Crippen LogP contribution < -0.4 is 5.32 Å². The van der Waals surface area contributed by atoms with E-state index < -0.39 is 20.0 Å². The summed E-state index contributed by atoms with van der Waals surface area (Å²) in [5.74, 6) is -0.188. The molecule has 0 saturated carbocycles. The number of nitrogens with zero attached hydrogens (tertiary/aromatic N) is 1. The molecule has 0 rings (SSSR count). The average Bonchev–Trinajstić information content (AvgIpc) is 3.20. The van der Waals surface area contributed by atoms with E-state index in [1.807, 2.05) is 27.2 Å². The molecule has 0 spiro atoms. The van der Waals surface area contributed by atoms with Gasteiger partial charge in [0.25, 0.3) is 0 Å². The first kappa shape index (κ1) is 58.7. The number of carbonyl (C=O) groups is 1. The van der Waals surface area contributed by atoms with Gasteiger partial charge in [-0.25, -0.2) is 4.57 Å². The Balaban J connectivity index is 4.30. The first-order chi connectivity index (χ1) is 29.0. The van der Waals surface area contributed by atoms with Crippen LogP contribution in [0.3, 0.4) is 0 Å². The fourth-order valence-electron chi connectivity index (χ4n) is 7.33. The molecule has 0 aromatic carbocycles. The number of rotatable bonds is 46. The van der Waals surface area contributed by atoms with Crippen molar-refractivity contribution in [2.45, 2.75) is 244 Å². The zero-order valence-corrected chi connectivity index (χ0v) is 41.1. The number of unbranched alkanes of at least 4 members (excludes halogenated alkanes) is 30. The minimum Gasteiger partial charge on any atom is -0.387 e. The fraction of sp³-hybridized carbons (Fsp3) is 0.863. The van der Waals surface area contributed by atoms with Gasteiger partial charge in [0, 0.05) is 6.42 Å². The Bertz CT molecular complexity index is 1070. The Labute approximate surface area is 372 Å². The zero-order valence-electron chi connectivity index (χ0n) is 40.2. The van der Waals surface area contributed by atoms with Crippen LogP contribution in [0.4, 0.5) is 0 Å². The molecule has 8 nitrogen and oxygen atoms in total. The number of phosphoric ester groups is 1.